The van der Waals surface area contributed by atoms with E-state index in [-0.39, 0.29) is 41.0 Å². The van der Waals surface area contributed by atoms with E-state index in [1.54, 1.807) is 9.80 Å². The van der Waals surface area contributed by atoms with Gasteiger partial charge in [-0.15, -0.1) is 0 Å². The summed E-state index contributed by atoms with van der Waals surface area (Å²) in [7, 11) is -3.00. The Hall–Kier alpha value is -2.23. The molecule has 1 aromatic rings. The number of hydrogen-bond acceptors (Lipinski definition) is 7. The van der Waals surface area contributed by atoms with Crippen LogP contribution in [0.2, 0.25) is 0 Å². The predicted octanol–water partition coefficient (Wildman–Crippen LogP) is -0.620. The van der Waals surface area contributed by atoms with Gasteiger partial charge in [-0.3, -0.25) is 9.59 Å². The quantitative estimate of drug-likeness (QED) is 0.757. The second-order valence-corrected chi connectivity index (χ2v) is 8.54. The number of rotatable bonds is 3. The van der Waals surface area contributed by atoms with Crippen molar-refractivity contribution in [3.05, 3.63) is 18.0 Å². The number of hydrogen-bond donors (Lipinski definition) is 1. The number of nitrogens with zero attached hydrogens (tertiary/aromatic N) is 4. The normalized spacial score (nSPS) is 22.7. The summed E-state index contributed by atoms with van der Waals surface area (Å²) in [5.74, 6) is 0.265. The van der Waals surface area contributed by atoms with E-state index < -0.39 is 9.84 Å². The monoisotopic (exact) mass is 367 g/mol. The van der Waals surface area contributed by atoms with Crippen LogP contribution >= 0.6 is 0 Å². The van der Waals surface area contributed by atoms with Crippen LogP contribution in [0, 0.1) is 0 Å². The number of sulfone groups is 1. The Morgan fingerprint density at radius 3 is 2.48 bits per heavy atom. The van der Waals surface area contributed by atoms with Gasteiger partial charge in [-0.1, -0.05) is 0 Å². The largest absolute Gasteiger partial charge is 0.350 e. The molecule has 0 aliphatic carbocycles. The molecule has 3 heterocycles. The molecule has 3 rings (SSSR count). The number of amides is 2. The zero-order valence-electron chi connectivity index (χ0n) is 14.0. The molecule has 0 bridgehead atoms. The fraction of sp³-hybridized carbons (Fsp3) is 0.600. The van der Waals surface area contributed by atoms with Gasteiger partial charge in [0.25, 0.3) is 5.91 Å². The first-order chi connectivity index (χ1) is 11.8. The molecule has 1 N–H and O–H groups in total. The van der Waals surface area contributed by atoms with Gasteiger partial charge >= 0.3 is 0 Å². The zero-order chi connectivity index (χ0) is 18.0. The van der Waals surface area contributed by atoms with Crippen LogP contribution in [0.15, 0.2) is 12.3 Å². The molecular weight excluding hydrogens is 346 g/mol. The van der Waals surface area contributed by atoms with Crippen LogP contribution in [0.4, 0.5) is 5.95 Å². The molecule has 1 aromatic heterocycles. The molecule has 0 aromatic carbocycles. The van der Waals surface area contributed by atoms with Gasteiger partial charge in [-0.25, -0.2) is 18.4 Å². The van der Waals surface area contributed by atoms with Gasteiger partial charge in [0.1, 0.15) is 5.69 Å². The van der Waals surface area contributed by atoms with Crippen molar-refractivity contribution < 1.29 is 18.0 Å². The molecule has 2 amide bonds. The van der Waals surface area contributed by atoms with Gasteiger partial charge in [0.2, 0.25) is 11.9 Å². The van der Waals surface area contributed by atoms with E-state index >= 15 is 0 Å². The lowest BCUT2D eigenvalue weighted by Gasteiger charge is -2.34. The van der Waals surface area contributed by atoms with Crippen molar-refractivity contribution >= 4 is 27.6 Å². The summed E-state index contributed by atoms with van der Waals surface area (Å²) in [4.78, 5) is 35.6. The van der Waals surface area contributed by atoms with E-state index in [1.165, 1.54) is 19.2 Å². The standard InChI is InChI=1S/C15H21N5O4S/c1-11(21)19-5-7-20(8-6-19)14(22)13-2-4-16-15(18-13)17-12-3-9-25(23,24)10-12/h2,4,12H,3,5-10H2,1H3,(H,16,17,18). The molecular formula is C15H21N5O4S. The first-order valence-electron chi connectivity index (χ1n) is 8.19. The first-order valence-corrected chi connectivity index (χ1v) is 10.0. The van der Waals surface area contributed by atoms with Gasteiger partial charge in [0.05, 0.1) is 11.5 Å². The maximum absolute atomic E-state index is 12.6. The average molecular weight is 367 g/mol. The molecule has 0 saturated carbocycles. The average Bonchev–Trinajstić information content (AvgIpc) is 2.93. The van der Waals surface area contributed by atoms with Crippen LogP contribution in [0.1, 0.15) is 23.8 Å². The smallest absolute Gasteiger partial charge is 0.272 e. The lowest BCUT2D eigenvalue weighted by molar-refractivity contribution is -0.130. The second kappa shape index (κ2) is 6.95. The van der Waals surface area contributed by atoms with Crippen molar-refractivity contribution in [2.24, 2.45) is 0 Å². The minimum atomic E-state index is -3.00. The second-order valence-electron chi connectivity index (χ2n) is 6.31. The molecule has 136 valence electrons. The van der Waals surface area contributed by atoms with E-state index in [0.29, 0.717) is 32.6 Å². The van der Waals surface area contributed by atoms with Crippen molar-refractivity contribution in [3.63, 3.8) is 0 Å². The van der Waals surface area contributed by atoms with Crippen LogP contribution in [0.3, 0.4) is 0 Å². The Morgan fingerprint density at radius 2 is 1.88 bits per heavy atom. The highest BCUT2D eigenvalue weighted by Gasteiger charge is 2.29. The van der Waals surface area contributed by atoms with E-state index in [2.05, 4.69) is 15.3 Å². The highest BCUT2D eigenvalue weighted by molar-refractivity contribution is 7.91. The molecule has 9 nitrogen and oxygen atoms in total. The summed E-state index contributed by atoms with van der Waals surface area (Å²) in [6.07, 6.45) is 1.99. The Morgan fingerprint density at radius 1 is 1.20 bits per heavy atom. The minimum absolute atomic E-state index is 0.00661. The van der Waals surface area contributed by atoms with E-state index in [4.69, 9.17) is 0 Å². The Kier molecular flexibility index (Phi) is 4.89. The van der Waals surface area contributed by atoms with Gasteiger partial charge in [0, 0.05) is 45.3 Å². The third-order valence-corrected chi connectivity index (χ3v) is 6.22. The maximum Gasteiger partial charge on any atom is 0.272 e. The molecule has 2 aliphatic heterocycles. The predicted molar refractivity (Wildman–Crippen MR) is 90.9 cm³/mol. The molecule has 2 aliphatic rings. The molecule has 0 spiro atoms. The zero-order valence-corrected chi connectivity index (χ0v) is 14.8. The molecule has 1 atom stereocenters. The highest BCUT2D eigenvalue weighted by Crippen LogP contribution is 2.16. The SMILES string of the molecule is CC(=O)N1CCN(C(=O)c2ccnc(NC3CCS(=O)(=O)C3)n2)CC1. The van der Waals surface area contributed by atoms with Crippen LogP contribution < -0.4 is 5.32 Å². The van der Waals surface area contributed by atoms with Crippen LogP contribution in [0.5, 0.6) is 0 Å². The fourth-order valence-electron chi connectivity index (χ4n) is 3.03. The van der Waals surface area contributed by atoms with Gasteiger partial charge in [0.15, 0.2) is 9.84 Å². The first kappa shape index (κ1) is 17.6. The summed E-state index contributed by atoms with van der Waals surface area (Å²) in [5.41, 5.74) is 0.259. The summed E-state index contributed by atoms with van der Waals surface area (Å²) >= 11 is 0. The van der Waals surface area contributed by atoms with Crippen molar-refractivity contribution in [3.8, 4) is 0 Å². The molecule has 10 heteroatoms. The third kappa shape index (κ3) is 4.25. The lowest BCUT2D eigenvalue weighted by Crippen LogP contribution is -2.50. The van der Waals surface area contributed by atoms with E-state index in [0.717, 1.165) is 0 Å². The van der Waals surface area contributed by atoms with E-state index in [9.17, 15) is 18.0 Å². The topological polar surface area (TPSA) is 113 Å². The Labute approximate surface area is 146 Å². The summed E-state index contributed by atoms with van der Waals surface area (Å²) < 4.78 is 23.0. The lowest BCUT2D eigenvalue weighted by atomic mass is 10.2. The van der Waals surface area contributed by atoms with E-state index in [1.807, 2.05) is 0 Å². The summed E-state index contributed by atoms with van der Waals surface area (Å²) in [5, 5.41) is 2.99. The molecule has 0 radical (unpaired) electrons. The minimum Gasteiger partial charge on any atom is -0.350 e. The third-order valence-electron chi connectivity index (χ3n) is 4.45. The number of aromatic nitrogens is 2. The summed E-state index contributed by atoms with van der Waals surface area (Å²) in [6.45, 7) is 3.47. The highest BCUT2D eigenvalue weighted by atomic mass is 32.2. The fourth-order valence-corrected chi connectivity index (χ4v) is 4.70. The van der Waals surface area contributed by atoms with Crippen LogP contribution in [0.25, 0.3) is 0 Å². The Bertz CT molecular complexity index is 774. The van der Waals surface area contributed by atoms with Crippen molar-refractivity contribution in [1.29, 1.82) is 0 Å². The van der Waals surface area contributed by atoms with Gasteiger partial charge in [-0.05, 0) is 12.5 Å². The van der Waals surface area contributed by atoms with Crippen LogP contribution in [-0.4, -0.2) is 83.7 Å². The van der Waals surface area contributed by atoms with Gasteiger partial charge < -0.3 is 15.1 Å². The van der Waals surface area contributed by atoms with Crippen LogP contribution in [-0.2, 0) is 14.6 Å². The number of piperazine rings is 1. The summed E-state index contributed by atoms with van der Waals surface area (Å²) in [6, 6.07) is 1.31. The number of carbonyl (C=O) groups excluding carboxylic acids is 2. The number of nitrogens with one attached hydrogen (secondary N) is 1. The molecule has 25 heavy (non-hydrogen) atoms. The van der Waals surface area contributed by atoms with Gasteiger partial charge in [-0.2, -0.15) is 0 Å². The van der Waals surface area contributed by atoms with Crippen molar-refractivity contribution in [2.45, 2.75) is 19.4 Å². The molecule has 2 fully saturated rings. The maximum atomic E-state index is 12.6. The number of anilines is 1. The number of carbonyl (C=O) groups is 2. The molecule has 1 unspecified atom stereocenters. The Balaban J connectivity index is 1.63. The molecule has 2 saturated heterocycles. The van der Waals surface area contributed by atoms with Crippen molar-refractivity contribution in [2.75, 3.05) is 43.0 Å². The van der Waals surface area contributed by atoms with Crippen molar-refractivity contribution in [1.82, 2.24) is 19.8 Å².